The second-order valence-electron chi connectivity index (χ2n) is 7.93. The van der Waals surface area contributed by atoms with Crippen molar-refractivity contribution in [3.05, 3.63) is 48.0 Å². The van der Waals surface area contributed by atoms with Gasteiger partial charge in [0.15, 0.2) is 0 Å². The monoisotopic (exact) mass is 428 g/mol. The molecule has 0 bridgehead atoms. The maximum atomic E-state index is 13.3. The molecule has 0 radical (unpaired) electrons. The number of unbranched alkanes of at least 4 members (excludes halogenated alkanes) is 1. The van der Waals surface area contributed by atoms with Gasteiger partial charge in [-0.2, -0.15) is 0 Å². The maximum absolute atomic E-state index is 13.3. The minimum Gasteiger partial charge on any atom is -0.354 e. The third-order valence-electron chi connectivity index (χ3n) is 5.90. The molecular formula is C24H32N2O3S. The van der Waals surface area contributed by atoms with Crippen molar-refractivity contribution in [3.8, 4) is 11.1 Å². The molecule has 1 aliphatic rings. The van der Waals surface area contributed by atoms with Crippen molar-refractivity contribution >= 4 is 21.6 Å². The van der Waals surface area contributed by atoms with Crippen molar-refractivity contribution in [2.75, 3.05) is 17.4 Å². The Balaban J connectivity index is 1.87. The molecule has 0 spiro atoms. The van der Waals surface area contributed by atoms with Crippen molar-refractivity contribution in [2.45, 2.75) is 57.8 Å². The molecule has 0 unspecified atom stereocenters. The summed E-state index contributed by atoms with van der Waals surface area (Å²) in [6.07, 6.45) is 5.20. The van der Waals surface area contributed by atoms with E-state index in [0.29, 0.717) is 23.7 Å². The Labute approximate surface area is 180 Å². The number of nitrogens with zero attached hydrogens (tertiary/aromatic N) is 1. The molecule has 1 aliphatic heterocycles. The number of carbonyl (C=O) groups excluding carboxylic acids is 1. The molecule has 1 amide bonds. The zero-order chi connectivity index (χ0) is 21.7. The summed E-state index contributed by atoms with van der Waals surface area (Å²) in [6, 6.07) is 12.8. The zero-order valence-corrected chi connectivity index (χ0v) is 19.0. The number of sulfonamides is 1. The maximum Gasteiger partial charge on any atom is 0.265 e. The van der Waals surface area contributed by atoms with E-state index in [1.807, 2.05) is 30.3 Å². The summed E-state index contributed by atoms with van der Waals surface area (Å²) in [5, 5.41) is 2.96. The van der Waals surface area contributed by atoms with Crippen molar-refractivity contribution in [2.24, 2.45) is 5.92 Å². The Morgan fingerprint density at radius 3 is 2.53 bits per heavy atom. The second kappa shape index (κ2) is 9.65. The van der Waals surface area contributed by atoms with E-state index in [1.54, 1.807) is 12.1 Å². The number of amides is 1. The largest absolute Gasteiger partial charge is 0.354 e. The van der Waals surface area contributed by atoms with Crippen LogP contribution < -0.4 is 9.62 Å². The third-order valence-corrected chi connectivity index (χ3v) is 7.72. The first-order chi connectivity index (χ1) is 14.4. The second-order valence-corrected chi connectivity index (χ2v) is 9.76. The number of aryl methyl sites for hydroxylation is 1. The van der Waals surface area contributed by atoms with Crippen LogP contribution in [0.25, 0.3) is 11.1 Å². The van der Waals surface area contributed by atoms with Crippen LogP contribution in [0.1, 0.15) is 52.0 Å². The first kappa shape index (κ1) is 22.3. The smallest absolute Gasteiger partial charge is 0.265 e. The highest BCUT2D eigenvalue weighted by atomic mass is 32.2. The summed E-state index contributed by atoms with van der Waals surface area (Å²) in [7, 11) is -3.80. The van der Waals surface area contributed by atoms with E-state index in [2.05, 4.69) is 26.1 Å². The van der Waals surface area contributed by atoms with Gasteiger partial charge in [0.2, 0.25) is 5.91 Å². The minimum atomic E-state index is -3.80. The predicted octanol–water partition coefficient (Wildman–Crippen LogP) is 4.76. The summed E-state index contributed by atoms with van der Waals surface area (Å²) >= 11 is 0. The highest BCUT2D eigenvalue weighted by molar-refractivity contribution is 7.93. The van der Waals surface area contributed by atoms with Gasteiger partial charge in [0.25, 0.3) is 10.0 Å². The van der Waals surface area contributed by atoms with Gasteiger partial charge >= 0.3 is 0 Å². The summed E-state index contributed by atoms with van der Waals surface area (Å²) in [5.41, 5.74) is 3.26. The van der Waals surface area contributed by atoms with Crippen molar-refractivity contribution in [3.63, 3.8) is 0 Å². The number of fused-ring (bicyclic) bond motifs is 3. The third kappa shape index (κ3) is 4.53. The van der Waals surface area contributed by atoms with Gasteiger partial charge in [-0.3, -0.25) is 9.10 Å². The Morgan fingerprint density at radius 2 is 1.83 bits per heavy atom. The van der Waals surface area contributed by atoms with Crippen LogP contribution in [0, 0.1) is 5.92 Å². The van der Waals surface area contributed by atoms with Crippen LogP contribution in [0.5, 0.6) is 0 Å². The van der Waals surface area contributed by atoms with Crippen molar-refractivity contribution in [1.29, 1.82) is 0 Å². The number of nitrogens with one attached hydrogen (secondary N) is 1. The number of hydrogen-bond donors (Lipinski definition) is 1. The molecule has 1 N–H and O–H groups in total. The van der Waals surface area contributed by atoms with Gasteiger partial charge in [-0.1, -0.05) is 64.3 Å². The highest BCUT2D eigenvalue weighted by Crippen LogP contribution is 2.43. The molecule has 1 heterocycles. The fourth-order valence-electron chi connectivity index (χ4n) is 3.96. The summed E-state index contributed by atoms with van der Waals surface area (Å²) in [6.45, 7) is 6.73. The summed E-state index contributed by atoms with van der Waals surface area (Å²) < 4.78 is 27.9. The van der Waals surface area contributed by atoms with Crippen LogP contribution in [-0.4, -0.2) is 27.4 Å². The number of carbonyl (C=O) groups is 1. The molecule has 0 aromatic heterocycles. The van der Waals surface area contributed by atoms with Gasteiger partial charge in [0.05, 0.1) is 10.6 Å². The van der Waals surface area contributed by atoms with Crippen molar-refractivity contribution in [1.82, 2.24) is 5.32 Å². The molecule has 3 rings (SSSR count). The van der Waals surface area contributed by atoms with E-state index < -0.39 is 10.0 Å². The van der Waals surface area contributed by atoms with E-state index in [-0.39, 0.29) is 17.3 Å². The Kier molecular flexibility index (Phi) is 7.19. The van der Waals surface area contributed by atoms with Crippen LogP contribution in [-0.2, 0) is 21.2 Å². The molecule has 0 fully saturated rings. The van der Waals surface area contributed by atoms with Gasteiger partial charge in [-0.05, 0) is 42.5 Å². The van der Waals surface area contributed by atoms with E-state index >= 15 is 0 Å². The molecule has 30 heavy (non-hydrogen) atoms. The number of rotatable bonds is 9. The van der Waals surface area contributed by atoms with E-state index in [0.717, 1.165) is 43.2 Å². The molecule has 5 nitrogen and oxygen atoms in total. The lowest BCUT2D eigenvalue weighted by atomic mass is 9.99. The standard InChI is InChI=1S/C24H32N2O3S/c1-4-7-10-19(6-3)16-25-24(27)17-26-22-14-13-18(5-2)15-21(22)20-11-8-9-12-23(20)30(26,28)29/h8-9,11-15,19H,4-7,10,16-17H2,1-3H3,(H,25,27)/t19-/m1/s1. The van der Waals surface area contributed by atoms with Gasteiger partial charge in [-0.25, -0.2) is 8.42 Å². The lowest BCUT2D eigenvalue weighted by molar-refractivity contribution is -0.119. The Morgan fingerprint density at radius 1 is 1.07 bits per heavy atom. The number of anilines is 1. The molecule has 2 aromatic rings. The average Bonchev–Trinajstić information content (AvgIpc) is 2.76. The SMILES string of the molecule is CCCC[C@@H](CC)CNC(=O)CN1c2ccc(CC)cc2-c2ccccc2S1(=O)=O. The normalized spacial score (nSPS) is 15.2. The number of hydrogen-bond acceptors (Lipinski definition) is 3. The highest BCUT2D eigenvalue weighted by Gasteiger charge is 2.35. The summed E-state index contributed by atoms with van der Waals surface area (Å²) in [4.78, 5) is 13.0. The van der Waals surface area contributed by atoms with Crippen LogP contribution in [0.4, 0.5) is 5.69 Å². The molecule has 0 saturated heterocycles. The molecule has 1 atom stereocenters. The van der Waals surface area contributed by atoms with E-state index in [9.17, 15) is 13.2 Å². The molecule has 2 aromatic carbocycles. The lowest BCUT2D eigenvalue weighted by Gasteiger charge is -2.32. The zero-order valence-electron chi connectivity index (χ0n) is 18.1. The fourth-order valence-corrected chi connectivity index (χ4v) is 5.61. The molecule has 0 aliphatic carbocycles. The number of benzene rings is 2. The summed E-state index contributed by atoms with van der Waals surface area (Å²) in [5.74, 6) is 0.158. The average molecular weight is 429 g/mol. The van der Waals surface area contributed by atoms with Gasteiger partial charge in [0, 0.05) is 17.7 Å². The predicted molar refractivity (Wildman–Crippen MR) is 122 cm³/mol. The quantitative estimate of drug-likeness (QED) is 0.626. The topological polar surface area (TPSA) is 66.5 Å². The molecule has 6 heteroatoms. The molecule has 0 saturated carbocycles. The van der Waals surface area contributed by atoms with Gasteiger partial charge < -0.3 is 5.32 Å². The fraction of sp³-hybridized carbons (Fsp3) is 0.458. The first-order valence-electron chi connectivity index (χ1n) is 10.9. The van der Waals surface area contributed by atoms with Crippen LogP contribution in [0.15, 0.2) is 47.4 Å². The Hall–Kier alpha value is -2.34. The Bertz CT molecular complexity index is 1000. The van der Waals surface area contributed by atoms with Crippen LogP contribution >= 0.6 is 0 Å². The van der Waals surface area contributed by atoms with Crippen LogP contribution in [0.2, 0.25) is 0 Å². The molecular weight excluding hydrogens is 396 g/mol. The van der Waals surface area contributed by atoms with Crippen LogP contribution in [0.3, 0.4) is 0 Å². The van der Waals surface area contributed by atoms with E-state index in [1.165, 1.54) is 4.31 Å². The van der Waals surface area contributed by atoms with E-state index in [4.69, 9.17) is 0 Å². The first-order valence-corrected chi connectivity index (χ1v) is 12.4. The van der Waals surface area contributed by atoms with Gasteiger partial charge in [-0.15, -0.1) is 0 Å². The van der Waals surface area contributed by atoms with Crippen molar-refractivity contribution < 1.29 is 13.2 Å². The minimum absolute atomic E-state index is 0.209. The lowest BCUT2D eigenvalue weighted by Crippen LogP contribution is -2.43. The van der Waals surface area contributed by atoms with Gasteiger partial charge in [0.1, 0.15) is 6.54 Å². The molecule has 162 valence electrons.